The maximum Gasteiger partial charge on any atom is 0.235 e. The number of nitrogens with one attached hydrogen (secondary N) is 1. The van der Waals surface area contributed by atoms with Crippen molar-refractivity contribution in [1.29, 1.82) is 0 Å². The maximum absolute atomic E-state index is 13.2. The van der Waals surface area contributed by atoms with E-state index in [2.05, 4.69) is 20.3 Å². The number of hydrogen-bond donors (Lipinski definition) is 1. The van der Waals surface area contributed by atoms with Gasteiger partial charge in [0.05, 0.1) is 0 Å². The second-order valence-electron chi connectivity index (χ2n) is 6.46. The number of benzene rings is 1. The molecule has 3 aromatic rings. The first-order chi connectivity index (χ1) is 12.3. The summed E-state index contributed by atoms with van der Waals surface area (Å²) in [6.07, 6.45) is 9.96. The Balaban J connectivity index is 0.00000196. The lowest BCUT2D eigenvalue weighted by Gasteiger charge is -2.06. The Morgan fingerprint density at radius 1 is 1.23 bits per heavy atom. The minimum Gasteiger partial charge on any atom is -0.313 e. The zero-order chi connectivity index (χ0) is 17.1. The summed E-state index contributed by atoms with van der Waals surface area (Å²) in [5, 5.41) is 3.57. The fourth-order valence-corrected chi connectivity index (χ4v) is 3.10. The quantitative estimate of drug-likeness (QED) is 0.691. The molecule has 0 unspecified atom stereocenters. The van der Waals surface area contributed by atoms with Crippen LogP contribution in [0.1, 0.15) is 17.7 Å². The van der Waals surface area contributed by atoms with Gasteiger partial charge in [0.1, 0.15) is 12.1 Å². The van der Waals surface area contributed by atoms with Gasteiger partial charge in [-0.2, -0.15) is 0 Å². The van der Waals surface area contributed by atoms with E-state index in [1.165, 1.54) is 6.07 Å². The van der Waals surface area contributed by atoms with E-state index in [1.807, 2.05) is 18.3 Å². The van der Waals surface area contributed by atoms with Crippen molar-refractivity contribution in [3.8, 4) is 5.95 Å². The van der Waals surface area contributed by atoms with Crippen molar-refractivity contribution in [3.63, 3.8) is 0 Å². The Morgan fingerprint density at radius 3 is 2.96 bits per heavy atom. The zero-order valence-corrected chi connectivity index (χ0v) is 15.1. The van der Waals surface area contributed by atoms with Gasteiger partial charge in [0.15, 0.2) is 0 Å². The summed E-state index contributed by atoms with van der Waals surface area (Å²) in [5.74, 6) is 1.10. The second-order valence-corrected chi connectivity index (χ2v) is 6.46. The summed E-state index contributed by atoms with van der Waals surface area (Å²) >= 11 is 0. The van der Waals surface area contributed by atoms with E-state index in [0.717, 1.165) is 37.1 Å². The Hall–Kier alpha value is -2.31. The third-order valence-corrected chi connectivity index (χ3v) is 4.53. The van der Waals surface area contributed by atoms with Crippen molar-refractivity contribution in [2.24, 2.45) is 5.92 Å². The molecule has 2 atom stereocenters. The summed E-state index contributed by atoms with van der Waals surface area (Å²) in [6.45, 7) is 0.880. The van der Waals surface area contributed by atoms with Gasteiger partial charge in [0, 0.05) is 43.3 Å². The molecule has 1 fully saturated rings. The largest absolute Gasteiger partial charge is 0.313 e. The van der Waals surface area contributed by atoms with Crippen molar-refractivity contribution in [1.82, 2.24) is 24.8 Å². The van der Waals surface area contributed by atoms with Gasteiger partial charge in [-0.25, -0.2) is 19.3 Å². The summed E-state index contributed by atoms with van der Waals surface area (Å²) in [5.41, 5.74) is 2.09. The molecule has 0 amide bonds. The first kappa shape index (κ1) is 18.5. The Labute approximate surface area is 158 Å². The van der Waals surface area contributed by atoms with Crippen LogP contribution in [0.3, 0.4) is 0 Å². The normalized spacial score (nSPS) is 18.3. The molecule has 0 aliphatic heterocycles. The van der Waals surface area contributed by atoms with Crippen LogP contribution in [-0.4, -0.2) is 32.1 Å². The first-order valence-electron chi connectivity index (χ1n) is 8.56. The van der Waals surface area contributed by atoms with Crippen LogP contribution in [0.4, 0.5) is 4.39 Å². The second kappa shape index (κ2) is 8.38. The van der Waals surface area contributed by atoms with Gasteiger partial charge in [-0.3, -0.25) is 4.57 Å². The lowest BCUT2D eigenvalue weighted by atomic mass is 10.1. The van der Waals surface area contributed by atoms with Crippen LogP contribution in [0, 0.1) is 11.7 Å². The number of aromatic nitrogens is 4. The molecule has 0 spiro atoms. The zero-order valence-electron chi connectivity index (χ0n) is 14.3. The molecule has 0 radical (unpaired) electrons. The van der Waals surface area contributed by atoms with E-state index in [-0.39, 0.29) is 18.2 Å². The van der Waals surface area contributed by atoms with Crippen molar-refractivity contribution in [3.05, 3.63) is 72.3 Å². The van der Waals surface area contributed by atoms with E-state index in [0.29, 0.717) is 17.9 Å². The van der Waals surface area contributed by atoms with E-state index in [9.17, 15) is 4.39 Å². The van der Waals surface area contributed by atoms with Crippen molar-refractivity contribution < 1.29 is 4.39 Å². The molecule has 1 aliphatic carbocycles. The SMILES string of the molecule is Cl.Fc1cccc(C[C@H]2C[C@@H]2NCCc2ccnc(-n3ccnc3)n2)c1. The van der Waals surface area contributed by atoms with Crippen molar-refractivity contribution >= 4 is 12.4 Å². The summed E-state index contributed by atoms with van der Waals surface area (Å²) in [6, 6.07) is 9.37. The van der Waals surface area contributed by atoms with E-state index >= 15 is 0 Å². The van der Waals surface area contributed by atoms with Crippen LogP contribution >= 0.6 is 12.4 Å². The van der Waals surface area contributed by atoms with Crippen molar-refractivity contribution in [2.75, 3.05) is 6.54 Å². The topological polar surface area (TPSA) is 55.6 Å². The Morgan fingerprint density at radius 2 is 2.15 bits per heavy atom. The molecule has 1 aromatic carbocycles. The smallest absolute Gasteiger partial charge is 0.235 e. The molecule has 0 bridgehead atoms. The molecule has 26 heavy (non-hydrogen) atoms. The fourth-order valence-electron chi connectivity index (χ4n) is 3.10. The minimum atomic E-state index is -0.153. The number of rotatable bonds is 7. The van der Waals surface area contributed by atoms with Gasteiger partial charge in [-0.15, -0.1) is 12.4 Å². The van der Waals surface area contributed by atoms with Gasteiger partial charge in [-0.1, -0.05) is 12.1 Å². The molecule has 5 nitrogen and oxygen atoms in total. The molecule has 2 heterocycles. The van der Waals surface area contributed by atoms with E-state index in [1.54, 1.807) is 35.4 Å². The molecule has 1 saturated carbocycles. The van der Waals surface area contributed by atoms with Crippen LogP contribution in [0.15, 0.2) is 55.2 Å². The highest BCUT2D eigenvalue weighted by Crippen LogP contribution is 2.33. The maximum atomic E-state index is 13.2. The van der Waals surface area contributed by atoms with Crippen LogP contribution in [0.5, 0.6) is 0 Å². The number of halogens is 2. The van der Waals surface area contributed by atoms with Crippen LogP contribution in [0.2, 0.25) is 0 Å². The third-order valence-electron chi connectivity index (χ3n) is 4.53. The van der Waals surface area contributed by atoms with Gasteiger partial charge in [0.25, 0.3) is 0 Å². The average Bonchev–Trinajstić information content (AvgIpc) is 3.11. The Bertz CT molecular complexity index is 839. The van der Waals surface area contributed by atoms with Crippen molar-refractivity contribution in [2.45, 2.75) is 25.3 Å². The fraction of sp³-hybridized carbons (Fsp3) is 0.316. The predicted octanol–water partition coefficient (Wildman–Crippen LogP) is 2.99. The molecular formula is C19H21ClFN5. The minimum absolute atomic E-state index is 0. The van der Waals surface area contributed by atoms with Crippen LogP contribution in [0.25, 0.3) is 5.95 Å². The Kier molecular flexibility index (Phi) is 5.96. The van der Waals surface area contributed by atoms with Gasteiger partial charge < -0.3 is 5.32 Å². The summed E-state index contributed by atoms with van der Waals surface area (Å²) in [4.78, 5) is 12.8. The highest BCUT2D eigenvalue weighted by molar-refractivity contribution is 5.85. The number of nitrogens with zero attached hydrogens (tertiary/aromatic N) is 4. The average molecular weight is 374 g/mol. The molecule has 1 N–H and O–H groups in total. The highest BCUT2D eigenvalue weighted by atomic mass is 35.5. The highest BCUT2D eigenvalue weighted by Gasteiger charge is 2.36. The third kappa shape index (κ3) is 4.65. The van der Waals surface area contributed by atoms with Gasteiger partial charge in [-0.05, 0) is 42.5 Å². The predicted molar refractivity (Wildman–Crippen MR) is 100 cm³/mol. The molecule has 7 heteroatoms. The van der Waals surface area contributed by atoms with E-state index < -0.39 is 0 Å². The number of hydrogen-bond acceptors (Lipinski definition) is 4. The van der Waals surface area contributed by atoms with Gasteiger partial charge in [0.2, 0.25) is 5.95 Å². The lowest BCUT2D eigenvalue weighted by molar-refractivity contribution is 0.613. The molecule has 4 rings (SSSR count). The summed E-state index contributed by atoms with van der Waals surface area (Å²) < 4.78 is 15.0. The molecular weight excluding hydrogens is 353 g/mol. The number of imidazole rings is 1. The molecule has 0 saturated heterocycles. The van der Waals surface area contributed by atoms with Crippen LogP contribution in [-0.2, 0) is 12.8 Å². The molecule has 1 aliphatic rings. The van der Waals surface area contributed by atoms with Gasteiger partial charge >= 0.3 is 0 Å². The lowest BCUT2D eigenvalue weighted by Crippen LogP contribution is -2.22. The van der Waals surface area contributed by atoms with Crippen LogP contribution < -0.4 is 5.32 Å². The summed E-state index contributed by atoms with van der Waals surface area (Å²) in [7, 11) is 0. The molecule has 136 valence electrons. The molecule has 2 aromatic heterocycles. The monoisotopic (exact) mass is 373 g/mol. The first-order valence-corrected chi connectivity index (χ1v) is 8.56. The standard InChI is InChI=1S/C19H20FN5.ClH/c20-16-3-1-2-14(11-16)10-15-12-18(15)22-6-4-17-5-7-23-19(24-17)25-9-8-21-13-25;/h1-3,5,7-9,11,13,15,18,22H,4,6,10,12H2;1H/t15-,18-;/m0./s1. The van der Waals surface area contributed by atoms with E-state index in [4.69, 9.17) is 0 Å².